The van der Waals surface area contributed by atoms with E-state index in [1.54, 1.807) is 25.1 Å². The molecule has 102 valence electrons. The maximum absolute atomic E-state index is 11.3. The number of hydrogen-bond donors (Lipinski definition) is 1. The Morgan fingerprint density at radius 2 is 1.84 bits per heavy atom. The van der Waals surface area contributed by atoms with Crippen LogP contribution in [0.4, 0.5) is 5.69 Å². The number of nitrogens with zero attached hydrogens (tertiary/aromatic N) is 2. The van der Waals surface area contributed by atoms with Crippen molar-refractivity contribution < 1.29 is 14.7 Å². The van der Waals surface area contributed by atoms with Crippen LogP contribution in [-0.2, 0) is 4.79 Å². The summed E-state index contributed by atoms with van der Waals surface area (Å²) in [6.45, 7) is 4.48. The van der Waals surface area contributed by atoms with Crippen molar-refractivity contribution in [1.82, 2.24) is 4.90 Å². The zero-order valence-electron chi connectivity index (χ0n) is 10.6. The first-order valence-electron chi connectivity index (χ1n) is 6.02. The first-order chi connectivity index (χ1) is 8.99. The molecule has 1 aliphatic heterocycles. The zero-order chi connectivity index (χ0) is 14.0. The summed E-state index contributed by atoms with van der Waals surface area (Å²) in [5, 5.41) is 8.93. The summed E-state index contributed by atoms with van der Waals surface area (Å²) in [6, 6.07) is 5.01. The first-order valence-corrected chi connectivity index (χ1v) is 6.81. The third-order valence-electron chi connectivity index (χ3n) is 3.26. The van der Waals surface area contributed by atoms with Crippen LogP contribution in [0.15, 0.2) is 22.7 Å². The molecule has 0 unspecified atom stereocenters. The van der Waals surface area contributed by atoms with Crippen LogP contribution >= 0.6 is 15.9 Å². The van der Waals surface area contributed by atoms with Gasteiger partial charge in [0, 0.05) is 37.6 Å². The zero-order valence-corrected chi connectivity index (χ0v) is 12.2. The van der Waals surface area contributed by atoms with E-state index in [2.05, 4.69) is 20.8 Å². The molecule has 0 aromatic heterocycles. The second-order valence-corrected chi connectivity index (χ2v) is 5.32. The number of carbonyl (C=O) groups excluding carboxylic acids is 1. The Hall–Kier alpha value is -1.56. The minimum absolute atomic E-state index is 0.0972. The molecule has 1 fully saturated rings. The highest BCUT2D eigenvalue weighted by molar-refractivity contribution is 9.10. The number of halogens is 1. The molecule has 1 N–H and O–H groups in total. The Labute approximate surface area is 119 Å². The van der Waals surface area contributed by atoms with Crippen LogP contribution in [-0.4, -0.2) is 48.1 Å². The average Bonchev–Trinajstić information content (AvgIpc) is 2.38. The Balaban J connectivity index is 2.11. The molecule has 1 amide bonds. The normalized spacial score (nSPS) is 15.5. The van der Waals surface area contributed by atoms with E-state index in [0.717, 1.165) is 23.2 Å². The smallest absolute Gasteiger partial charge is 0.335 e. The highest BCUT2D eigenvalue weighted by Gasteiger charge is 2.20. The Kier molecular flexibility index (Phi) is 4.09. The maximum Gasteiger partial charge on any atom is 0.335 e. The molecule has 0 radical (unpaired) electrons. The summed E-state index contributed by atoms with van der Waals surface area (Å²) in [5.41, 5.74) is 1.23. The van der Waals surface area contributed by atoms with Crippen LogP contribution in [0.25, 0.3) is 0 Å². The van der Waals surface area contributed by atoms with E-state index < -0.39 is 5.97 Å². The van der Waals surface area contributed by atoms with E-state index in [1.807, 2.05) is 4.90 Å². The fraction of sp³-hybridized carbons (Fsp3) is 0.385. The molecule has 6 heteroatoms. The van der Waals surface area contributed by atoms with Crippen LogP contribution in [0.2, 0.25) is 0 Å². The molecule has 1 aromatic carbocycles. The van der Waals surface area contributed by atoms with Gasteiger partial charge in [0.05, 0.1) is 11.3 Å². The number of carboxylic acid groups (broad SMARTS) is 1. The van der Waals surface area contributed by atoms with Crippen molar-refractivity contribution in [2.45, 2.75) is 6.92 Å². The number of rotatable bonds is 2. The second-order valence-electron chi connectivity index (χ2n) is 4.46. The van der Waals surface area contributed by atoms with Gasteiger partial charge in [0.1, 0.15) is 0 Å². The van der Waals surface area contributed by atoms with E-state index in [9.17, 15) is 9.59 Å². The predicted molar refractivity (Wildman–Crippen MR) is 75.6 cm³/mol. The van der Waals surface area contributed by atoms with E-state index in [0.29, 0.717) is 13.1 Å². The molecule has 0 atom stereocenters. The van der Waals surface area contributed by atoms with Crippen molar-refractivity contribution in [3.05, 3.63) is 28.2 Å². The van der Waals surface area contributed by atoms with Gasteiger partial charge in [-0.15, -0.1) is 0 Å². The van der Waals surface area contributed by atoms with Gasteiger partial charge < -0.3 is 14.9 Å². The van der Waals surface area contributed by atoms with Gasteiger partial charge in [-0.3, -0.25) is 4.79 Å². The van der Waals surface area contributed by atoms with Crippen LogP contribution in [0.5, 0.6) is 0 Å². The Bertz CT molecular complexity index is 511. The standard InChI is InChI=1S/C13H15BrN2O3/c1-9(17)15-4-6-16(7-5-15)12-3-2-10(13(18)19)8-11(12)14/h2-3,8H,4-7H2,1H3,(H,18,19). The van der Waals surface area contributed by atoms with E-state index in [-0.39, 0.29) is 11.5 Å². The molecule has 1 aromatic rings. The number of piperazine rings is 1. The first kappa shape index (κ1) is 13.9. The summed E-state index contributed by atoms with van der Waals surface area (Å²) in [4.78, 5) is 26.1. The molecule has 19 heavy (non-hydrogen) atoms. The summed E-state index contributed by atoms with van der Waals surface area (Å²) >= 11 is 3.41. The van der Waals surface area contributed by atoms with Crippen molar-refractivity contribution in [1.29, 1.82) is 0 Å². The number of anilines is 1. The SMILES string of the molecule is CC(=O)N1CCN(c2ccc(C(=O)O)cc2Br)CC1. The van der Waals surface area contributed by atoms with Gasteiger partial charge in [0.25, 0.3) is 0 Å². The summed E-state index contributed by atoms with van der Waals surface area (Å²) in [7, 11) is 0. The van der Waals surface area contributed by atoms with Gasteiger partial charge in [-0.1, -0.05) is 0 Å². The van der Waals surface area contributed by atoms with E-state index in [1.165, 1.54) is 0 Å². The molecule has 0 aliphatic carbocycles. The Morgan fingerprint density at radius 3 is 2.32 bits per heavy atom. The minimum Gasteiger partial charge on any atom is -0.478 e. The molecule has 1 aliphatic rings. The lowest BCUT2D eigenvalue weighted by atomic mass is 10.2. The molecule has 0 bridgehead atoms. The third kappa shape index (κ3) is 3.07. The number of carbonyl (C=O) groups is 2. The molecule has 1 saturated heterocycles. The lowest BCUT2D eigenvalue weighted by Gasteiger charge is -2.36. The van der Waals surface area contributed by atoms with E-state index in [4.69, 9.17) is 5.11 Å². The third-order valence-corrected chi connectivity index (χ3v) is 3.90. The molecule has 2 rings (SSSR count). The number of hydrogen-bond acceptors (Lipinski definition) is 3. The van der Waals surface area contributed by atoms with Crippen LogP contribution in [0.3, 0.4) is 0 Å². The largest absolute Gasteiger partial charge is 0.478 e. The van der Waals surface area contributed by atoms with Gasteiger partial charge in [-0.25, -0.2) is 4.79 Å². The summed E-state index contributed by atoms with van der Waals surface area (Å²) in [6.07, 6.45) is 0. The maximum atomic E-state index is 11.3. The molecular formula is C13H15BrN2O3. The van der Waals surface area contributed by atoms with Gasteiger partial charge in [-0.05, 0) is 34.1 Å². The number of benzene rings is 1. The number of amides is 1. The molecule has 1 heterocycles. The second kappa shape index (κ2) is 5.61. The van der Waals surface area contributed by atoms with Crippen LogP contribution in [0, 0.1) is 0 Å². The molecule has 0 saturated carbocycles. The summed E-state index contributed by atoms with van der Waals surface area (Å²) < 4.78 is 0.767. The van der Waals surface area contributed by atoms with Gasteiger partial charge >= 0.3 is 5.97 Å². The lowest BCUT2D eigenvalue weighted by molar-refractivity contribution is -0.129. The van der Waals surface area contributed by atoms with Gasteiger partial charge in [0.2, 0.25) is 5.91 Å². The van der Waals surface area contributed by atoms with Crippen LogP contribution in [0.1, 0.15) is 17.3 Å². The van der Waals surface area contributed by atoms with Crippen molar-refractivity contribution in [3.63, 3.8) is 0 Å². The average molecular weight is 327 g/mol. The van der Waals surface area contributed by atoms with Crippen molar-refractivity contribution >= 4 is 33.5 Å². The van der Waals surface area contributed by atoms with Crippen molar-refractivity contribution in [3.8, 4) is 0 Å². The fourth-order valence-electron chi connectivity index (χ4n) is 2.16. The minimum atomic E-state index is -0.936. The highest BCUT2D eigenvalue weighted by Crippen LogP contribution is 2.28. The van der Waals surface area contributed by atoms with Gasteiger partial charge in [0.15, 0.2) is 0 Å². The quantitative estimate of drug-likeness (QED) is 0.900. The fourth-order valence-corrected chi connectivity index (χ4v) is 2.79. The number of aromatic carboxylic acids is 1. The van der Waals surface area contributed by atoms with Crippen LogP contribution < -0.4 is 4.90 Å². The molecular weight excluding hydrogens is 312 g/mol. The van der Waals surface area contributed by atoms with Gasteiger partial charge in [-0.2, -0.15) is 0 Å². The van der Waals surface area contributed by atoms with Crippen molar-refractivity contribution in [2.75, 3.05) is 31.1 Å². The predicted octanol–water partition coefficient (Wildman–Crippen LogP) is 1.82. The highest BCUT2D eigenvalue weighted by atomic mass is 79.9. The molecule has 0 spiro atoms. The summed E-state index contributed by atoms with van der Waals surface area (Å²) in [5.74, 6) is -0.839. The monoisotopic (exact) mass is 326 g/mol. The number of carboxylic acids is 1. The Morgan fingerprint density at radius 1 is 1.21 bits per heavy atom. The topological polar surface area (TPSA) is 60.9 Å². The molecule has 5 nitrogen and oxygen atoms in total. The van der Waals surface area contributed by atoms with Crippen molar-refractivity contribution in [2.24, 2.45) is 0 Å². The lowest BCUT2D eigenvalue weighted by Crippen LogP contribution is -2.48. The van der Waals surface area contributed by atoms with E-state index >= 15 is 0 Å².